The second kappa shape index (κ2) is 9.87. The molecular formula is C23H30N4O4. The van der Waals surface area contributed by atoms with Crippen LogP contribution in [0.1, 0.15) is 46.7 Å². The van der Waals surface area contributed by atoms with Crippen LogP contribution in [0.5, 0.6) is 0 Å². The van der Waals surface area contributed by atoms with Crippen LogP contribution in [0.25, 0.3) is 0 Å². The Morgan fingerprint density at radius 1 is 1.16 bits per heavy atom. The molecule has 3 rings (SSSR count). The summed E-state index contributed by atoms with van der Waals surface area (Å²) in [6, 6.07) is 8.03. The number of rotatable bonds is 6. The number of nitrogens with zero attached hydrogens (tertiary/aromatic N) is 3. The van der Waals surface area contributed by atoms with Crippen LogP contribution in [0.4, 0.5) is 5.69 Å². The highest BCUT2D eigenvalue weighted by molar-refractivity contribution is 6.04. The van der Waals surface area contributed by atoms with E-state index >= 15 is 0 Å². The summed E-state index contributed by atoms with van der Waals surface area (Å²) in [5.74, 6) is 0.466. The number of anilines is 1. The molecular weight excluding hydrogens is 396 g/mol. The van der Waals surface area contributed by atoms with E-state index in [4.69, 9.17) is 4.74 Å². The third kappa shape index (κ3) is 5.58. The highest BCUT2D eigenvalue weighted by Crippen LogP contribution is 2.24. The zero-order valence-corrected chi connectivity index (χ0v) is 18.6. The van der Waals surface area contributed by atoms with Crippen molar-refractivity contribution in [2.45, 2.75) is 33.7 Å². The lowest BCUT2D eigenvalue weighted by Gasteiger charge is -2.35. The molecule has 0 bridgehead atoms. The zero-order chi connectivity index (χ0) is 22.5. The van der Waals surface area contributed by atoms with Crippen molar-refractivity contribution in [3.05, 3.63) is 57.5 Å². The number of amides is 2. The summed E-state index contributed by atoms with van der Waals surface area (Å²) in [6.45, 7) is 8.24. The van der Waals surface area contributed by atoms with Crippen LogP contribution in [0.2, 0.25) is 0 Å². The van der Waals surface area contributed by atoms with E-state index in [1.807, 2.05) is 17.9 Å². The van der Waals surface area contributed by atoms with Gasteiger partial charge in [0, 0.05) is 37.5 Å². The Bertz CT molecular complexity index is 1010. The topological polar surface area (TPSA) is 93.5 Å². The molecule has 8 nitrogen and oxygen atoms in total. The van der Waals surface area contributed by atoms with Crippen molar-refractivity contribution in [1.82, 2.24) is 14.7 Å². The molecule has 2 amide bonds. The smallest absolute Gasteiger partial charge is 0.276 e. The first-order chi connectivity index (χ1) is 14.8. The first kappa shape index (κ1) is 22.7. The van der Waals surface area contributed by atoms with Crippen molar-refractivity contribution in [3.8, 4) is 0 Å². The Balaban J connectivity index is 1.78. The normalized spacial score (nSPS) is 18.6. The molecule has 2 heterocycles. The van der Waals surface area contributed by atoms with E-state index in [9.17, 15) is 14.4 Å². The molecule has 31 heavy (non-hydrogen) atoms. The number of carbonyl (C=O) groups is 2. The van der Waals surface area contributed by atoms with Gasteiger partial charge in [0.1, 0.15) is 5.69 Å². The summed E-state index contributed by atoms with van der Waals surface area (Å²) >= 11 is 0. The van der Waals surface area contributed by atoms with Crippen LogP contribution >= 0.6 is 0 Å². The van der Waals surface area contributed by atoms with Crippen LogP contribution < -0.4 is 10.9 Å². The summed E-state index contributed by atoms with van der Waals surface area (Å²) in [6.07, 6.45) is 1.12. The van der Waals surface area contributed by atoms with Gasteiger partial charge in [-0.3, -0.25) is 14.4 Å². The van der Waals surface area contributed by atoms with Crippen molar-refractivity contribution < 1.29 is 14.3 Å². The maximum absolute atomic E-state index is 13.0. The lowest BCUT2D eigenvalue weighted by molar-refractivity contribution is 0.0623. The highest BCUT2D eigenvalue weighted by Gasteiger charge is 2.26. The van der Waals surface area contributed by atoms with Gasteiger partial charge >= 0.3 is 0 Å². The fourth-order valence-corrected chi connectivity index (χ4v) is 4.00. The summed E-state index contributed by atoms with van der Waals surface area (Å²) in [5, 5.41) is 6.95. The summed E-state index contributed by atoms with van der Waals surface area (Å²) in [7, 11) is 1.53. The lowest BCUT2D eigenvalue weighted by atomic mass is 9.91. The summed E-state index contributed by atoms with van der Waals surface area (Å²) in [4.78, 5) is 39.6. The number of hydrogen-bond acceptors (Lipinski definition) is 5. The van der Waals surface area contributed by atoms with Gasteiger partial charge in [-0.1, -0.05) is 19.9 Å². The highest BCUT2D eigenvalue weighted by atomic mass is 16.5. The second-order valence-corrected chi connectivity index (χ2v) is 8.41. The van der Waals surface area contributed by atoms with Crippen molar-refractivity contribution >= 4 is 17.5 Å². The zero-order valence-electron chi connectivity index (χ0n) is 18.6. The van der Waals surface area contributed by atoms with Gasteiger partial charge in [0.25, 0.3) is 17.4 Å². The van der Waals surface area contributed by atoms with Gasteiger partial charge in [0.05, 0.1) is 13.2 Å². The molecule has 0 spiro atoms. The van der Waals surface area contributed by atoms with E-state index < -0.39 is 5.91 Å². The minimum atomic E-state index is -0.445. The first-order valence-electron chi connectivity index (χ1n) is 10.6. The van der Waals surface area contributed by atoms with Crippen LogP contribution in [-0.4, -0.2) is 53.3 Å². The van der Waals surface area contributed by atoms with Gasteiger partial charge in [-0.05, 0) is 48.9 Å². The summed E-state index contributed by atoms with van der Waals surface area (Å²) in [5.41, 5.74) is 1.73. The molecule has 1 aromatic carbocycles. The van der Waals surface area contributed by atoms with E-state index in [0.717, 1.165) is 25.1 Å². The molecule has 1 N–H and O–H groups in total. The summed E-state index contributed by atoms with van der Waals surface area (Å²) < 4.78 is 6.17. The van der Waals surface area contributed by atoms with Crippen LogP contribution in [0, 0.1) is 18.8 Å². The van der Waals surface area contributed by atoms with E-state index in [1.165, 1.54) is 23.9 Å². The average molecular weight is 427 g/mol. The SMILES string of the molecule is COCCn1nc(C(=O)Nc2cc(C(=O)N3CC(C)CC(C)C3)ccc2C)ccc1=O. The Labute approximate surface area is 182 Å². The van der Waals surface area contributed by atoms with Gasteiger partial charge in [-0.2, -0.15) is 5.10 Å². The molecule has 1 fully saturated rings. The molecule has 2 unspecified atom stereocenters. The molecule has 1 saturated heterocycles. The quantitative estimate of drug-likeness (QED) is 0.766. The number of aryl methyl sites for hydroxylation is 1. The molecule has 8 heteroatoms. The standard InChI is InChI=1S/C23H30N4O4/c1-15-11-16(2)14-26(13-15)23(30)18-6-5-17(3)20(12-18)24-22(29)19-7-8-21(28)27(25-19)9-10-31-4/h5-8,12,15-16H,9-11,13-14H2,1-4H3,(H,24,29). The van der Waals surface area contributed by atoms with E-state index in [1.54, 1.807) is 12.1 Å². The molecule has 2 aromatic rings. The number of benzene rings is 1. The molecule has 1 aromatic heterocycles. The number of aromatic nitrogens is 2. The molecule has 0 radical (unpaired) electrons. The second-order valence-electron chi connectivity index (χ2n) is 8.41. The molecule has 2 atom stereocenters. The van der Waals surface area contributed by atoms with Crippen LogP contribution in [-0.2, 0) is 11.3 Å². The molecule has 1 aliphatic heterocycles. The van der Waals surface area contributed by atoms with Gasteiger partial charge in [-0.15, -0.1) is 0 Å². The Hall–Kier alpha value is -3.00. The van der Waals surface area contributed by atoms with Crippen LogP contribution in [0.15, 0.2) is 35.1 Å². The van der Waals surface area contributed by atoms with Gasteiger partial charge in [0.15, 0.2) is 0 Å². The number of carbonyl (C=O) groups excluding carboxylic acids is 2. The van der Waals surface area contributed by atoms with E-state index in [0.29, 0.717) is 29.7 Å². The Kier molecular flexibility index (Phi) is 7.22. The van der Waals surface area contributed by atoms with Gasteiger partial charge in [-0.25, -0.2) is 4.68 Å². The largest absolute Gasteiger partial charge is 0.383 e. The van der Waals surface area contributed by atoms with Crippen molar-refractivity contribution in [2.75, 3.05) is 32.1 Å². The number of nitrogens with one attached hydrogen (secondary N) is 1. The van der Waals surface area contributed by atoms with Gasteiger partial charge in [0.2, 0.25) is 0 Å². The number of piperidine rings is 1. The lowest BCUT2D eigenvalue weighted by Crippen LogP contribution is -2.42. The predicted octanol–water partition coefficient (Wildman–Crippen LogP) is 2.57. The van der Waals surface area contributed by atoms with Crippen molar-refractivity contribution in [2.24, 2.45) is 11.8 Å². The third-order valence-electron chi connectivity index (χ3n) is 5.50. The molecule has 1 aliphatic rings. The fraction of sp³-hybridized carbons (Fsp3) is 0.478. The van der Waals surface area contributed by atoms with Gasteiger partial charge < -0.3 is 15.0 Å². The number of methoxy groups -OCH3 is 1. The Morgan fingerprint density at radius 2 is 1.87 bits per heavy atom. The average Bonchev–Trinajstić information content (AvgIpc) is 2.73. The molecule has 0 aliphatic carbocycles. The molecule has 0 saturated carbocycles. The molecule has 166 valence electrons. The third-order valence-corrected chi connectivity index (χ3v) is 5.50. The van der Waals surface area contributed by atoms with Crippen LogP contribution in [0.3, 0.4) is 0 Å². The fourth-order valence-electron chi connectivity index (χ4n) is 4.00. The Morgan fingerprint density at radius 3 is 2.55 bits per heavy atom. The monoisotopic (exact) mass is 426 g/mol. The van der Waals surface area contributed by atoms with Crippen molar-refractivity contribution in [3.63, 3.8) is 0 Å². The maximum Gasteiger partial charge on any atom is 0.276 e. The first-order valence-corrected chi connectivity index (χ1v) is 10.6. The van der Waals surface area contributed by atoms with Crippen molar-refractivity contribution in [1.29, 1.82) is 0 Å². The van der Waals surface area contributed by atoms with E-state index in [2.05, 4.69) is 24.3 Å². The predicted molar refractivity (Wildman–Crippen MR) is 118 cm³/mol. The number of ether oxygens (including phenoxy) is 1. The maximum atomic E-state index is 13.0. The minimum Gasteiger partial charge on any atom is -0.383 e. The number of likely N-dealkylation sites (tertiary alicyclic amines) is 1. The van der Waals surface area contributed by atoms with E-state index in [-0.39, 0.29) is 23.7 Å². The minimum absolute atomic E-state index is 0.0276. The number of hydrogen-bond donors (Lipinski definition) is 1.